The van der Waals surface area contributed by atoms with Gasteiger partial charge in [0.15, 0.2) is 0 Å². The van der Waals surface area contributed by atoms with E-state index in [2.05, 4.69) is 34.6 Å². The fourth-order valence-corrected chi connectivity index (χ4v) is 4.92. The fourth-order valence-electron chi connectivity index (χ4n) is 4.92. The molecule has 1 aromatic heterocycles. The van der Waals surface area contributed by atoms with Crippen LogP contribution in [0.1, 0.15) is 27.9 Å². The Morgan fingerprint density at radius 1 is 0.947 bits per heavy atom. The highest BCUT2D eigenvalue weighted by atomic mass is 16.2. The van der Waals surface area contributed by atoms with E-state index in [1.807, 2.05) is 41.3 Å². The summed E-state index contributed by atoms with van der Waals surface area (Å²) in [6, 6.07) is 21.8. The number of nitrogens with two attached hydrogens (primary N) is 1. The lowest BCUT2D eigenvalue weighted by Crippen LogP contribution is -2.50. The Hall–Kier alpha value is -4.48. The molecule has 2 heterocycles. The zero-order valence-electron chi connectivity index (χ0n) is 21.2. The molecular formula is C30H30N6O2. The Bertz CT molecular complexity index is 1540. The average Bonchev–Trinajstić information content (AvgIpc) is 2.96. The number of piperazine rings is 1. The van der Waals surface area contributed by atoms with E-state index < -0.39 is 0 Å². The summed E-state index contributed by atoms with van der Waals surface area (Å²) in [6.07, 6.45) is 2.94. The Kier molecular flexibility index (Phi) is 7.47. The number of benzene rings is 3. The van der Waals surface area contributed by atoms with Crippen molar-refractivity contribution in [2.75, 3.05) is 44.6 Å². The number of hydrogen-bond acceptors (Lipinski definition) is 6. The number of pyridine rings is 1. The molecule has 0 atom stereocenters. The van der Waals surface area contributed by atoms with Gasteiger partial charge in [-0.05, 0) is 59.2 Å². The van der Waals surface area contributed by atoms with E-state index in [-0.39, 0.29) is 11.8 Å². The number of nitrogens with zero attached hydrogens (tertiary/aromatic N) is 4. The van der Waals surface area contributed by atoms with Gasteiger partial charge in [-0.1, -0.05) is 24.3 Å². The van der Waals surface area contributed by atoms with Crippen LogP contribution in [0.5, 0.6) is 0 Å². The van der Waals surface area contributed by atoms with E-state index >= 15 is 0 Å². The second-order valence-electron chi connectivity index (χ2n) is 9.49. The molecule has 1 aliphatic rings. The summed E-state index contributed by atoms with van der Waals surface area (Å²) in [5.41, 5.74) is 9.77. The maximum atomic E-state index is 13.1. The standard InChI is InChI=1S/C30H30N6O2/c31-10-7-29(37)35-13-15-36(16-14-35)30(38)25-5-4-23-17-21(1-3-24(23)19-25)8-11-33-28-9-12-34-27-6-2-22(20-32)18-26(27)28/h1-6,9,12,17-19H,7-8,10-11,13-16,31H2,(H,33,34). The molecule has 2 amide bonds. The van der Waals surface area contributed by atoms with Crippen molar-refractivity contribution < 1.29 is 9.59 Å². The Morgan fingerprint density at radius 2 is 1.71 bits per heavy atom. The summed E-state index contributed by atoms with van der Waals surface area (Å²) in [5, 5.41) is 15.8. The quantitative estimate of drug-likeness (QED) is 0.396. The van der Waals surface area contributed by atoms with Crippen LogP contribution in [0.25, 0.3) is 21.7 Å². The lowest BCUT2D eigenvalue weighted by molar-refractivity contribution is -0.132. The molecule has 1 aliphatic heterocycles. The van der Waals surface area contributed by atoms with E-state index in [1.54, 1.807) is 17.2 Å². The lowest BCUT2D eigenvalue weighted by atomic mass is 10.0. The van der Waals surface area contributed by atoms with Crippen LogP contribution in [-0.2, 0) is 11.2 Å². The average molecular weight is 507 g/mol. The zero-order valence-corrected chi connectivity index (χ0v) is 21.2. The van der Waals surface area contributed by atoms with Crippen molar-refractivity contribution in [2.45, 2.75) is 12.8 Å². The van der Waals surface area contributed by atoms with Crippen LogP contribution < -0.4 is 11.1 Å². The third kappa shape index (κ3) is 5.43. The summed E-state index contributed by atoms with van der Waals surface area (Å²) >= 11 is 0. The molecule has 8 heteroatoms. The van der Waals surface area contributed by atoms with Gasteiger partial charge in [0.05, 0.1) is 17.1 Å². The molecule has 4 aromatic rings. The summed E-state index contributed by atoms with van der Waals surface area (Å²) in [4.78, 5) is 33.1. The minimum Gasteiger partial charge on any atom is -0.384 e. The molecule has 3 N–H and O–H groups in total. The number of fused-ring (bicyclic) bond motifs is 2. The fraction of sp³-hybridized carbons (Fsp3) is 0.267. The molecule has 0 saturated carbocycles. The van der Waals surface area contributed by atoms with Gasteiger partial charge in [0.25, 0.3) is 5.91 Å². The van der Waals surface area contributed by atoms with Crippen LogP contribution in [0.15, 0.2) is 66.9 Å². The normalized spacial score (nSPS) is 13.5. The third-order valence-electron chi connectivity index (χ3n) is 7.03. The van der Waals surface area contributed by atoms with Gasteiger partial charge in [-0.15, -0.1) is 0 Å². The highest BCUT2D eigenvalue weighted by molar-refractivity contribution is 5.99. The summed E-state index contributed by atoms with van der Waals surface area (Å²) < 4.78 is 0. The lowest BCUT2D eigenvalue weighted by Gasteiger charge is -2.34. The van der Waals surface area contributed by atoms with Crippen LogP contribution in [0.2, 0.25) is 0 Å². The van der Waals surface area contributed by atoms with E-state index in [9.17, 15) is 14.9 Å². The third-order valence-corrected chi connectivity index (χ3v) is 7.03. The maximum absolute atomic E-state index is 13.1. The SMILES string of the molecule is N#Cc1ccc2nccc(NCCc3ccc4cc(C(=O)N5CCN(C(=O)CCN)CC5)ccc4c3)c2c1. The first kappa shape index (κ1) is 25.2. The van der Waals surface area contributed by atoms with Gasteiger partial charge in [-0.25, -0.2) is 0 Å². The number of anilines is 1. The molecular weight excluding hydrogens is 476 g/mol. The van der Waals surface area contributed by atoms with E-state index in [0.717, 1.165) is 40.3 Å². The molecule has 0 bridgehead atoms. The van der Waals surface area contributed by atoms with Gasteiger partial charge < -0.3 is 20.9 Å². The molecule has 192 valence electrons. The van der Waals surface area contributed by atoms with Gasteiger partial charge in [0, 0.05) is 68.5 Å². The molecule has 0 radical (unpaired) electrons. The van der Waals surface area contributed by atoms with Crippen molar-refractivity contribution in [3.05, 3.63) is 83.6 Å². The summed E-state index contributed by atoms with van der Waals surface area (Å²) in [6.45, 7) is 3.24. The van der Waals surface area contributed by atoms with Gasteiger partial charge in [-0.2, -0.15) is 5.26 Å². The number of carbonyl (C=O) groups is 2. The molecule has 0 spiro atoms. The van der Waals surface area contributed by atoms with E-state index in [1.165, 1.54) is 5.56 Å². The van der Waals surface area contributed by atoms with Crippen molar-refractivity contribution in [3.63, 3.8) is 0 Å². The largest absolute Gasteiger partial charge is 0.384 e. The van der Waals surface area contributed by atoms with Gasteiger partial charge in [0.1, 0.15) is 0 Å². The van der Waals surface area contributed by atoms with Crippen molar-refractivity contribution in [1.82, 2.24) is 14.8 Å². The Labute approximate surface area is 221 Å². The predicted molar refractivity (Wildman–Crippen MR) is 149 cm³/mol. The number of nitriles is 1. The predicted octanol–water partition coefficient (Wildman–Crippen LogP) is 3.55. The van der Waals surface area contributed by atoms with Crippen LogP contribution in [0.4, 0.5) is 5.69 Å². The molecule has 38 heavy (non-hydrogen) atoms. The molecule has 1 saturated heterocycles. The maximum Gasteiger partial charge on any atom is 0.253 e. The first-order valence-electron chi connectivity index (χ1n) is 12.9. The van der Waals surface area contributed by atoms with E-state index in [0.29, 0.717) is 50.3 Å². The van der Waals surface area contributed by atoms with Gasteiger partial charge >= 0.3 is 0 Å². The topological polar surface area (TPSA) is 115 Å². The van der Waals surface area contributed by atoms with Crippen molar-refractivity contribution in [3.8, 4) is 6.07 Å². The van der Waals surface area contributed by atoms with Crippen molar-refractivity contribution >= 4 is 39.2 Å². The van der Waals surface area contributed by atoms with Crippen LogP contribution >= 0.6 is 0 Å². The molecule has 3 aromatic carbocycles. The minimum absolute atomic E-state index is 0.00441. The second-order valence-corrected chi connectivity index (χ2v) is 9.49. The summed E-state index contributed by atoms with van der Waals surface area (Å²) in [5.74, 6) is 0.0498. The molecule has 0 unspecified atom stereocenters. The number of carbonyl (C=O) groups excluding carboxylic acids is 2. The Balaban J connectivity index is 1.21. The van der Waals surface area contributed by atoms with Crippen molar-refractivity contribution in [1.29, 1.82) is 5.26 Å². The molecule has 1 fully saturated rings. The highest BCUT2D eigenvalue weighted by Crippen LogP contribution is 2.24. The first-order chi connectivity index (χ1) is 18.6. The number of aromatic nitrogens is 1. The molecule has 8 nitrogen and oxygen atoms in total. The number of nitrogens with one attached hydrogen (secondary N) is 1. The highest BCUT2D eigenvalue weighted by Gasteiger charge is 2.24. The number of amides is 2. The zero-order chi connectivity index (χ0) is 26.5. The van der Waals surface area contributed by atoms with Gasteiger partial charge in [0.2, 0.25) is 5.91 Å². The van der Waals surface area contributed by atoms with Crippen LogP contribution in [0.3, 0.4) is 0 Å². The number of hydrogen-bond donors (Lipinski definition) is 2. The van der Waals surface area contributed by atoms with Crippen LogP contribution in [-0.4, -0.2) is 65.9 Å². The van der Waals surface area contributed by atoms with E-state index in [4.69, 9.17) is 5.73 Å². The molecule has 0 aliphatic carbocycles. The smallest absolute Gasteiger partial charge is 0.253 e. The first-order valence-corrected chi connectivity index (χ1v) is 12.9. The minimum atomic E-state index is -0.00441. The van der Waals surface area contributed by atoms with Crippen LogP contribution in [0, 0.1) is 11.3 Å². The molecule has 5 rings (SSSR count). The number of rotatable bonds is 7. The second kappa shape index (κ2) is 11.3. The monoisotopic (exact) mass is 506 g/mol. The Morgan fingerprint density at radius 3 is 2.50 bits per heavy atom. The van der Waals surface area contributed by atoms with Crippen molar-refractivity contribution in [2.24, 2.45) is 5.73 Å². The summed E-state index contributed by atoms with van der Waals surface area (Å²) in [7, 11) is 0. The van der Waals surface area contributed by atoms with Gasteiger partial charge in [-0.3, -0.25) is 14.6 Å².